The van der Waals surface area contributed by atoms with Gasteiger partial charge in [-0.1, -0.05) is 13.8 Å². The number of hydrogen-bond donors (Lipinski definition) is 4. The summed E-state index contributed by atoms with van der Waals surface area (Å²) in [4.78, 5) is 52.0. The van der Waals surface area contributed by atoms with Gasteiger partial charge in [0.05, 0.1) is 6.04 Å². The second kappa shape index (κ2) is 15.1. The van der Waals surface area contributed by atoms with Crippen molar-refractivity contribution < 1.29 is 76.3 Å². The molecule has 1 saturated carbocycles. The fourth-order valence-corrected chi connectivity index (χ4v) is 6.41. The Hall–Kier alpha value is -1.65. The Morgan fingerprint density at radius 2 is 1.77 bits per heavy atom. The molecule has 1 aliphatic carbocycles. The molecule has 4 N–H and O–H groups in total. The Labute approximate surface area is 275 Å². The number of nitrogens with zero attached hydrogens (tertiary/aromatic N) is 1. The summed E-state index contributed by atoms with van der Waals surface area (Å²) in [6.45, 7) is 10.6. The summed E-state index contributed by atoms with van der Waals surface area (Å²) in [6.07, 6.45) is 1.54. The predicted molar refractivity (Wildman–Crippen MR) is 149 cm³/mol. The van der Waals surface area contributed by atoms with Crippen molar-refractivity contribution in [2.45, 2.75) is 109 Å². The van der Waals surface area contributed by atoms with Gasteiger partial charge in [-0.3, -0.25) is 9.59 Å². The summed E-state index contributed by atoms with van der Waals surface area (Å²) in [7, 11) is -5.20. The fraction of sp³-hybridized carbons (Fsp3) is 0.852. The molecule has 3 aliphatic rings. The van der Waals surface area contributed by atoms with Crippen LogP contribution in [0.2, 0.25) is 0 Å². The molecule has 0 aromatic carbocycles. The van der Waals surface area contributed by atoms with Crippen molar-refractivity contribution in [1.82, 2.24) is 20.9 Å². The third kappa shape index (κ3) is 11.0. The zero-order chi connectivity index (χ0) is 31.5. The van der Waals surface area contributed by atoms with Crippen LogP contribution in [0, 0.1) is 17.3 Å². The van der Waals surface area contributed by atoms with E-state index in [9.17, 15) is 37.3 Å². The second-order valence-electron chi connectivity index (χ2n) is 13.2. The predicted octanol–water partition coefficient (Wildman–Crippen LogP) is -1.81. The number of piperidine rings is 1. The van der Waals surface area contributed by atoms with Crippen LogP contribution in [0.15, 0.2) is 0 Å². The normalized spacial score (nSPS) is 22.5. The van der Waals surface area contributed by atoms with E-state index in [-0.39, 0.29) is 71.8 Å². The third-order valence-corrected chi connectivity index (χ3v) is 8.98. The van der Waals surface area contributed by atoms with Crippen LogP contribution in [-0.2, 0) is 29.2 Å². The molecule has 4 amide bonds. The van der Waals surface area contributed by atoms with E-state index >= 15 is 0 Å². The number of rotatable bonds is 10. The molecule has 0 radical (unpaired) electrons. The molecule has 2 saturated heterocycles. The van der Waals surface area contributed by atoms with E-state index in [1.165, 1.54) is 0 Å². The van der Waals surface area contributed by atoms with E-state index in [4.69, 9.17) is 9.47 Å². The number of aliphatic hydroxyl groups excluding tert-OH is 1. The van der Waals surface area contributed by atoms with Gasteiger partial charge >= 0.3 is 41.7 Å². The van der Waals surface area contributed by atoms with Gasteiger partial charge in [-0.25, -0.2) is 18.0 Å². The molecule has 0 bridgehead atoms. The molecule has 3 rings (SSSR count). The maximum absolute atomic E-state index is 13.2. The van der Waals surface area contributed by atoms with E-state index < -0.39 is 51.2 Å². The smallest absolute Gasteiger partial charge is 0.746 e. The SMILES string of the molecule is CC(C)C[C@H](NC(=O)OC1CC2(CCN(C(=O)OC(C)(C)C)CC2)C1)C(=O)N[C@@H](C[C@H]1CCNC1=O)C(O)S(=O)(=O)[O-].[Na+]. The van der Waals surface area contributed by atoms with Crippen LogP contribution in [0.25, 0.3) is 0 Å². The molecule has 4 atom stereocenters. The van der Waals surface area contributed by atoms with E-state index in [0.29, 0.717) is 38.9 Å². The van der Waals surface area contributed by atoms with Gasteiger partial charge in [0.25, 0.3) is 0 Å². The molecular formula is C27H45N4NaO10S. The molecule has 2 heterocycles. The zero-order valence-electron chi connectivity index (χ0n) is 26.0. The first kappa shape index (κ1) is 37.5. The number of carbonyl (C=O) groups excluding carboxylic acids is 4. The summed E-state index contributed by atoms with van der Waals surface area (Å²) in [5.41, 5.74) is -3.06. The summed E-state index contributed by atoms with van der Waals surface area (Å²) in [5, 5.41) is 17.7. The molecule has 16 heteroatoms. The van der Waals surface area contributed by atoms with Crippen molar-refractivity contribution in [3.63, 3.8) is 0 Å². The van der Waals surface area contributed by atoms with Crippen LogP contribution in [0.5, 0.6) is 0 Å². The molecular weight excluding hydrogens is 595 g/mol. The van der Waals surface area contributed by atoms with E-state index in [2.05, 4.69) is 16.0 Å². The van der Waals surface area contributed by atoms with Gasteiger partial charge in [0.1, 0.15) is 27.9 Å². The standard InChI is InChI=1S/C27H46N4O10S.Na/c1-16(2)12-19(22(33)29-20(23(34)42(37,38)39)13-17-6-9-28-21(17)32)30-24(35)40-18-14-27(15-18)7-10-31(11-8-27)25(36)41-26(3,4)5;/h16-20,23,34H,6-15H2,1-5H3,(H,28,32)(H,29,33)(H,30,35)(H,37,38,39);/q;+1/p-1/t17-,19+,20+,23?;/m1./s1. The molecule has 2 aliphatic heterocycles. The van der Waals surface area contributed by atoms with Gasteiger partial charge in [-0.05, 0) is 77.0 Å². The van der Waals surface area contributed by atoms with Crippen molar-refractivity contribution >= 4 is 34.1 Å². The van der Waals surface area contributed by atoms with Crippen molar-refractivity contribution in [3.8, 4) is 0 Å². The minimum atomic E-state index is -5.20. The first-order valence-electron chi connectivity index (χ1n) is 14.5. The number of aliphatic hydroxyl groups is 1. The molecule has 0 aromatic heterocycles. The van der Waals surface area contributed by atoms with Gasteiger partial charge in [-0.15, -0.1) is 0 Å². The van der Waals surface area contributed by atoms with Crippen LogP contribution in [0.4, 0.5) is 9.59 Å². The van der Waals surface area contributed by atoms with Crippen molar-refractivity contribution in [2.75, 3.05) is 19.6 Å². The average Bonchev–Trinajstić information content (AvgIpc) is 3.24. The Kier molecular flexibility index (Phi) is 13.2. The minimum absolute atomic E-state index is 0. The van der Waals surface area contributed by atoms with Gasteiger partial charge < -0.3 is 40.0 Å². The van der Waals surface area contributed by atoms with Gasteiger partial charge in [0.15, 0.2) is 5.44 Å². The maximum atomic E-state index is 13.2. The van der Waals surface area contributed by atoms with Gasteiger partial charge in [-0.2, -0.15) is 0 Å². The molecule has 240 valence electrons. The number of likely N-dealkylation sites (tertiary alicyclic amines) is 1. The van der Waals surface area contributed by atoms with E-state index in [1.807, 2.05) is 34.6 Å². The average molecular weight is 641 g/mol. The zero-order valence-corrected chi connectivity index (χ0v) is 28.8. The summed E-state index contributed by atoms with van der Waals surface area (Å²) in [6, 6.07) is -2.68. The maximum Gasteiger partial charge on any atom is 1.00 e. The molecule has 1 spiro atoms. The van der Waals surface area contributed by atoms with Crippen molar-refractivity contribution in [3.05, 3.63) is 0 Å². The summed E-state index contributed by atoms with van der Waals surface area (Å²) in [5.74, 6) is -1.91. The van der Waals surface area contributed by atoms with E-state index in [1.54, 1.807) is 4.90 Å². The molecule has 0 aromatic rings. The molecule has 14 nitrogen and oxygen atoms in total. The number of carbonyl (C=O) groups is 4. The number of ether oxygens (including phenoxy) is 2. The van der Waals surface area contributed by atoms with Crippen LogP contribution < -0.4 is 45.5 Å². The number of hydrogen-bond acceptors (Lipinski definition) is 10. The molecule has 3 fully saturated rings. The first-order valence-corrected chi connectivity index (χ1v) is 16.0. The number of nitrogens with one attached hydrogen (secondary N) is 3. The van der Waals surface area contributed by atoms with Crippen LogP contribution in [0.3, 0.4) is 0 Å². The van der Waals surface area contributed by atoms with Crippen LogP contribution in [-0.4, -0.2) is 95.8 Å². The number of amides is 4. The minimum Gasteiger partial charge on any atom is -0.746 e. The van der Waals surface area contributed by atoms with Gasteiger partial charge in [0, 0.05) is 25.6 Å². The monoisotopic (exact) mass is 640 g/mol. The molecule has 43 heavy (non-hydrogen) atoms. The van der Waals surface area contributed by atoms with Crippen molar-refractivity contribution in [2.24, 2.45) is 17.3 Å². The van der Waals surface area contributed by atoms with Crippen molar-refractivity contribution in [1.29, 1.82) is 0 Å². The number of alkyl carbamates (subject to hydrolysis) is 1. The molecule has 1 unspecified atom stereocenters. The van der Waals surface area contributed by atoms with E-state index in [0.717, 1.165) is 12.8 Å². The summed E-state index contributed by atoms with van der Waals surface area (Å²) < 4.78 is 45.7. The Morgan fingerprint density at radius 3 is 2.26 bits per heavy atom. The fourth-order valence-electron chi connectivity index (χ4n) is 5.83. The van der Waals surface area contributed by atoms with Crippen LogP contribution >= 0.6 is 0 Å². The second-order valence-corrected chi connectivity index (χ2v) is 14.7. The third-order valence-electron chi connectivity index (χ3n) is 8.06. The van der Waals surface area contributed by atoms with Crippen LogP contribution in [0.1, 0.15) is 79.6 Å². The largest absolute Gasteiger partial charge is 1.00 e. The first-order chi connectivity index (χ1) is 19.4. The summed E-state index contributed by atoms with van der Waals surface area (Å²) >= 11 is 0. The quantitative estimate of drug-likeness (QED) is 0.156. The Balaban J connectivity index is 0.00000645. The van der Waals surface area contributed by atoms with Gasteiger partial charge in [0.2, 0.25) is 11.8 Å². The topological polar surface area (TPSA) is 203 Å². The Bertz CT molecular complexity index is 1110. The Morgan fingerprint density at radius 1 is 1.16 bits per heavy atom.